The molecule has 0 unspecified atom stereocenters. The Morgan fingerprint density at radius 1 is 0.952 bits per heavy atom. The topological polar surface area (TPSA) is 88.2 Å². The van der Waals surface area contributed by atoms with E-state index < -0.39 is 11.8 Å². The van der Waals surface area contributed by atoms with E-state index in [9.17, 15) is 14.9 Å². The van der Waals surface area contributed by atoms with Gasteiger partial charge in [0.1, 0.15) is 23.1 Å². The summed E-state index contributed by atoms with van der Waals surface area (Å²) in [6.45, 7) is 8.39. The molecular formula is C35H32N4O3. The Morgan fingerprint density at radius 2 is 1.69 bits per heavy atom. The second-order valence-corrected chi connectivity index (χ2v) is 10.4. The maximum absolute atomic E-state index is 13.9. The molecule has 0 saturated carbocycles. The zero-order valence-electron chi connectivity index (χ0n) is 24.2. The molecule has 42 heavy (non-hydrogen) atoms. The number of nitriles is 1. The lowest BCUT2D eigenvalue weighted by atomic mass is 9.92. The second kappa shape index (κ2) is 12.1. The summed E-state index contributed by atoms with van der Waals surface area (Å²) in [6.07, 6.45) is 4.52. The highest BCUT2D eigenvalue weighted by Gasteiger charge is 2.35. The minimum absolute atomic E-state index is 0.0430. The normalized spacial score (nSPS) is 14.5. The van der Waals surface area contributed by atoms with Crippen LogP contribution in [0.25, 0.3) is 23.0 Å². The fraction of sp³-hybridized carbons (Fsp3) is 0.200. The van der Waals surface area contributed by atoms with Crippen LogP contribution in [0.3, 0.4) is 0 Å². The number of amides is 2. The van der Waals surface area contributed by atoms with Gasteiger partial charge in [0.15, 0.2) is 0 Å². The van der Waals surface area contributed by atoms with E-state index in [1.807, 2.05) is 98.9 Å². The van der Waals surface area contributed by atoms with Gasteiger partial charge in [0.05, 0.1) is 18.8 Å². The smallest absolute Gasteiger partial charge is 0.271 e. The Kier molecular flexibility index (Phi) is 8.16. The van der Waals surface area contributed by atoms with Crippen molar-refractivity contribution >= 4 is 17.9 Å². The molecule has 0 fully saturated rings. The molecule has 210 valence electrons. The third-order valence-electron chi connectivity index (χ3n) is 7.28. The number of benzene rings is 3. The van der Waals surface area contributed by atoms with Crippen molar-refractivity contribution in [3.63, 3.8) is 0 Å². The van der Waals surface area contributed by atoms with E-state index >= 15 is 0 Å². The van der Waals surface area contributed by atoms with E-state index in [2.05, 4.69) is 6.92 Å². The molecule has 3 aromatic carbocycles. The summed E-state index contributed by atoms with van der Waals surface area (Å²) in [5.74, 6) is -0.252. The van der Waals surface area contributed by atoms with Crippen molar-refractivity contribution in [2.75, 3.05) is 6.61 Å². The van der Waals surface area contributed by atoms with E-state index in [0.29, 0.717) is 23.4 Å². The molecular weight excluding hydrogens is 524 g/mol. The van der Waals surface area contributed by atoms with Crippen LogP contribution in [-0.4, -0.2) is 33.1 Å². The molecule has 7 nitrogen and oxygen atoms in total. The average Bonchev–Trinajstić information content (AvgIpc) is 3.41. The summed E-state index contributed by atoms with van der Waals surface area (Å²) in [5.41, 5.74) is 6.55. The molecule has 1 aromatic heterocycles. The van der Waals surface area contributed by atoms with Crippen molar-refractivity contribution in [2.24, 2.45) is 0 Å². The standard InChI is InChI=1S/C35H32N4O3/c1-5-17-42-29-15-16-30(24(3)18-29)33-27(22-39(37-33)28-9-7-6-8-10-28)19-31-25(4)32(20-36)35(41)38(34(31)40)21-26-13-11-23(2)12-14-26/h6-16,18-19,22H,5,17,21H2,1-4H3/b31-19+. The highest BCUT2D eigenvalue weighted by Crippen LogP contribution is 2.34. The van der Waals surface area contributed by atoms with Crippen LogP contribution in [0.2, 0.25) is 0 Å². The predicted octanol–water partition coefficient (Wildman–Crippen LogP) is 6.74. The number of para-hydroxylation sites is 1. The molecule has 7 heteroatoms. The van der Waals surface area contributed by atoms with Crippen LogP contribution in [0.15, 0.2) is 95.7 Å². The summed E-state index contributed by atoms with van der Waals surface area (Å²) in [4.78, 5) is 28.3. The molecule has 4 aromatic rings. The molecule has 0 bridgehead atoms. The zero-order valence-corrected chi connectivity index (χ0v) is 24.2. The third kappa shape index (κ3) is 5.65. The molecule has 0 N–H and O–H groups in total. The van der Waals surface area contributed by atoms with Crippen LogP contribution < -0.4 is 4.74 Å². The van der Waals surface area contributed by atoms with Gasteiger partial charge in [0.25, 0.3) is 11.8 Å². The molecule has 5 rings (SSSR count). The minimum atomic E-state index is -0.587. The lowest BCUT2D eigenvalue weighted by Crippen LogP contribution is -2.42. The van der Waals surface area contributed by atoms with Crippen LogP contribution >= 0.6 is 0 Å². The van der Waals surface area contributed by atoms with Gasteiger partial charge in [0.2, 0.25) is 0 Å². The van der Waals surface area contributed by atoms with E-state index in [4.69, 9.17) is 9.84 Å². The number of carbonyl (C=O) groups excluding carboxylic acids is 2. The Balaban J connectivity index is 1.63. The first-order valence-corrected chi connectivity index (χ1v) is 13.9. The second-order valence-electron chi connectivity index (χ2n) is 10.4. The van der Waals surface area contributed by atoms with Gasteiger partial charge < -0.3 is 4.74 Å². The highest BCUT2D eigenvalue weighted by molar-refractivity contribution is 6.19. The first-order valence-electron chi connectivity index (χ1n) is 13.9. The summed E-state index contributed by atoms with van der Waals surface area (Å²) in [7, 11) is 0. The number of hydrogen-bond acceptors (Lipinski definition) is 5. The Labute approximate surface area is 246 Å². The third-order valence-corrected chi connectivity index (χ3v) is 7.28. The number of aromatic nitrogens is 2. The molecule has 1 aliphatic heterocycles. The van der Waals surface area contributed by atoms with Crippen LogP contribution in [0.1, 0.15) is 42.5 Å². The fourth-order valence-electron chi connectivity index (χ4n) is 4.93. The van der Waals surface area contributed by atoms with Gasteiger partial charge in [-0.2, -0.15) is 10.4 Å². The number of imide groups is 1. The molecule has 0 radical (unpaired) electrons. The number of ether oxygens (including phenoxy) is 1. The predicted molar refractivity (Wildman–Crippen MR) is 163 cm³/mol. The zero-order chi connectivity index (χ0) is 29.8. The van der Waals surface area contributed by atoms with Crippen LogP contribution in [-0.2, 0) is 16.1 Å². The van der Waals surface area contributed by atoms with Crippen LogP contribution in [0, 0.1) is 25.2 Å². The van der Waals surface area contributed by atoms with Crippen molar-refractivity contribution in [1.29, 1.82) is 5.26 Å². The molecule has 1 aliphatic rings. The average molecular weight is 557 g/mol. The van der Waals surface area contributed by atoms with Gasteiger partial charge in [-0.1, -0.05) is 55.0 Å². The number of hydrogen-bond donors (Lipinski definition) is 0. The lowest BCUT2D eigenvalue weighted by Gasteiger charge is -2.27. The largest absolute Gasteiger partial charge is 0.494 e. The van der Waals surface area contributed by atoms with Crippen molar-refractivity contribution in [3.8, 4) is 28.8 Å². The van der Waals surface area contributed by atoms with Crippen molar-refractivity contribution in [1.82, 2.24) is 14.7 Å². The summed E-state index contributed by atoms with van der Waals surface area (Å²) in [5, 5.41) is 14.8. The Morgan fingerprint density at radius 3 is 2.36 bits per heavy atom. The first kappa shape index (κ1) is 28.3. The summed E-state index contributed by atoms with van der Waals surface area (Å²) >= 11 is 0. The van der Waals surface area contributed by atoms with E-state index in [1.165, 1.54) is 0 Å². The van der Waals surface area contributed by atoms with E-state index in [-0.39, 0.29) is 17.7 Å². The van der Waals surface area contributed by atoms with Gasteiger partial charge >= 0.3 is 0 Å². The first-order chi connectivity index (χ1) is 20.3. The lowest BCUT2D eigenvalue weighted by molar-refractivity contribution is -0.141. The molecule has 0 spiro atoms. The number of nitrogens with zero attached hydrogens (tertiary/aromatic N) is 4. The minimum Gasteiger partial charge on any atom is -0.494 e. The molecule has 0 aliphatic carbocycles. The maximum atomic E-state index is 13.9. The maximum Gasteiger partial charge on any atom is 0.271 e. The molecule has 2 heterocycles. The molecule has 2 amide bonds. The van der Waals surface area contributed by atoms with Crippen molar-refractivity contribution in [2.45, 2.75) is 40.7 Å². The Bertz CT molecular complexity index is 1760. The van der Waals surface area contributed by atoms with Gasteiger partial charge in [-0.15, -0.1) is 0 Å². The quantitative estimate of drug-likeness (QED) is 0.177. The van der Waals surface area contributed by atoms with Crippen LogP contribution in [0.5, 0.6) is 5.75 Å². The number of rotatable bonds is 8. The van der Waals surface area contributed by atoms with Crippen LogP contribution in [0.4, 0.5) is 0 Å². The van der Waals surface area contributed by atoms with E-state index in [1.54, 1.807) is 17.7 Å². The number of aryl methyl sites for hydroxylation is 2. The molecule has 0 atom stereocenters. The van der Waals surface area contributed by atoms with Gasteiger partial charge in [-0.05, 0) is 80.3 Å². The Hall–Kier alpha value is -5.22. The highest BCUT2D eigenvalue weighted by atomic mass is 16.5. The SMILES string of the molecule is CCCOc1ccc(-c2nn(-c3ccccc3)cc2/C=C2/C(=O)N(Cc3ccc(C)cc3)C(=O)C(C#N)=C2C)c(C)c1. The molecule has 0 saturated heterocycles. The van der Waals surface area contributed by atoms with Crippen molar-refractivity contribution < 1.29 is 14.3 Å². The number of carbonyl (C=O) groups is 2. The summed E-state index contributed by atoms with van der Waals surface area (Å²) in [6, 6.07) is 25.3. The fourth-order valence-corrected chi connectivity index (χ4v) is 4.93. The van der Waals surface area contributed by atoms with Crippen molar-refractivity contribution in [3.05, 3.63) is 118 Å². The summed E-state index contributed by atoms with van der Waals surface area (Å²) < 4.78 is 7.60. The van der Waals surface area contributed by atoms with Gasteiger partial charge in [-0.25, -0.2) is 4.68 Å². The van der Waals surface area contributed by atoms with Gasteiger partial charge in [-0.3, -0.25) is 14.5 Å². The van der Waals surface area contributed by atoms with Gasteiger partial charge in [0, 0.05) is 22.9 Å². The van der Waals surface area contributed by atoms with E-state index in [0.717, 1.165) is 45.0 Å². The monoisotopic (exact) mass is 556 g/mol.